The normalized spacial score (nSPS) is 15.6. The van der Waals surface area contributed by atoms with Crippen LogP contribution in [0.15, 0.2) is 67.0 Å². The predicted octanol–water partition coefficient (Wildman–Crippen LogP) is 7.81. The van der Waals surface area contributed by atoms with Gasteiger partial charge in [0.25, 0.3) is 0 Å². The Labute approximate surface area is 209 Å². The molecule has 0 bridgehead atoms. The number of ether oxygens (including phenoxy) is 1. The van der Waals surface area contributed by atoms with E-state index in [4.69, 9.17) is 9.84 Å². The van der Waals surface area contributed by atoms with E-state index in [1.165, 1.54) is 40.6 Å². The lowest BCUT2D eigenvalue weighted by atomic mass is 9.92. The van der Waals surface area contributed by atoms with E-state index in [-0.39, 0.29) is 5.54 Å². The molecule has 1 atom stereocenters. The molecule has 1 fully saturated rings. The Hall–Kier alpha value is -3.01. The molecule has 5 rings (SSSR count). The van der Waals surface area contributed by atoms with Crippen molar-refractivity contribution < 1.29 is 4.74 Å². The summed E-state index contributed by atoms with van der Waals surface area (Å²) in [6.07, 6.45) is 10.1. The van der Waals surface area contributed by atoms with E-state index in [9.17, 15) is 0 Å². The third kappa shape index (κ3) is 5.32. The molecule has 4 nitrogen and oxygen atoms in total. The van der Waals surface area contributed by atoms with E-state index < -0.39 is 0 Å². The molecular formula is C31H39N3O. The van der Waals surface area contributed by atoms with E-state index in [1.807, 2.05) is 0 Å². The molecule has 0 N–H and O–H groups in total. The summed E-state index contributed by atoms with van der Waals surface area (Å²) in [5, 5.41) is 6.44. The largest absolute Gasteiger partial charge is 0.494 e. The van der Waals surface area contributed by atoms with Gasteiger partial charge in [0.05, 0.1) is 17.8 Å². The first-order chi connectivity index (χ1) is 16.9. The molecule has 0 radical (unpaired) electrons. The molecule has 4 aromatic rings. The van der Waals surface area contributed by atoms with E-state index >= 15 is 0 Å². The first-order valence-electron chi connectivity index (χ1n) is 13.3. The van der Waals surface area contributed by atoms with Crippen LogP contribution in [0.3, 0.4) is 0 Å². The van der Waals surface area contributed by atoms with Gasteiger partial charge in [0.15, 0.2) is 0 Å². The van der Waals surface area contributed by atoms with Crippen molar-refractivity contribution >= 4 is 10.9 Å². The summed E-state index contributed by atoms with van der Waals surface area (Å²) >= 11 is 0. The van der Waals surface area contributed by atoms with Crippen molar-refractivity contribution in [3.63, 3.8) is 0 Å². The van der Waals surface area contributed by atoms with Gasteiger partial charge in [0, 0.05) is 35.8 Å². The molecule has 0 spiro atoms. The highest BCUT2D eigenvalue weighted by molar-refractivity contribution is 5.84. The number of rotatable bonds is 11. The number of fused-ring (bicyclic) bond motifs is 1. The first kappa shape index (κ1) is 23.7. The Morgan fingerprint density at radius 3 is 2.54 bits per heavy atom. The van der Waals surface area contributed by atoms with E-state index in [1.54, 1.807) is 0 Å². The zero-order valence-corrected chi connectivity index (χ0v) is 21.7. The van der Waals surface area contributed by atoms with Crippen molar-refractivity contribution in [1.82, 2.24) is 14.3 Å². The Morgan fingerprint density at radius 2 is 1.80 bits per heavy atom. The lowest BCUT2D eigenvalue weighted by Crippen LogP contribution is -2.33. The smallest absolute Gasteiger partial charge is 0.119 e. The molecule has 184 valence electrons. The van der Waals surface area contributed by atoms with Gasteiger partial charge in [-0.05, 0) is 87.8 Å². The quantitative estimate of drug-likeness (QED) is 0.210. The summed E-state index contributed by atoms with van der Waals surface area (Å²) in [5.41, 5.74) is 5.22. The molecule has 4 heteroatoms. The number of aromatic nitrogens is 3. The van der Waals surface area contributed by atoms with E-state index in [0.717, 1.165) is 38.2 Å². The van der Waals surface area contributed by atoms with Crippen LogP contribution in [-0.2, 0) is 12.1 Å². The van der Waals surface area contributed by atoms with Crippen molar-refractivity contribution in [1.29, 1.82) is 0 Å². The average molecular weight is 470 g/mol. The summed E-state index contributed by atoms with van der Waals surface area (Å²) in [7, 11) is 0. The highest BCUT2D eigenvalue weighted by atomic mass is 16.5. The van der Waals surface area contributed by atoms with Crippen LogP contribution in [0.2, 0.25) is 0 Å². The molecule has 1 unspecified atom stereocenters. The molecular weight excluding hydrogens is 430 g/mol. The lowest BCUT2D eigenvalue weighted by Gasteiger charge is -2.31. The summed E-state index contributed by atoms with van der Waals surface area (Å²) in [6, 6.07) is 19.6. The van der Waals surface area contributed by atoms with Gasteiger partial charge in [-0.3, -0.25) is 4.68 Å². The molecule has 2 heterocycles. The summed E-state index contributed by atoms with van der Waals surface area (Å²) in [4.78, 5) is 0. The van der Waals surface area contributed by atoms with Gasteiger partial charge in [-0.25, -0.2) is 0 Å². The fraction of sp³-hybridized carbons (Fsp3) is 0.452. The molecule has 0 aliphatic heterocycles. The number of benzene rings is 2. The monoisotopic (exact) mass is 469 g/mol. The second-order valence-electron chi connectivity index (χ2n) is 10.9. The third-order valence-corrected chi connectivity index (χ3v) is 7.67. The first-order valence-corrected chi connectivity index (χ1v) is 13.3. The van der Waals surface area contributed by atoms with E-state index in [0.29, 0.717) is 11.8 Å². The van der Waals surface area contributed by atoms with Gasteiger partial charge in [0.1, 0.15) is 5.75 Å². The highest BCUT2D eigenvalue weighted by Crippen LogP contribution is 2.40. The van der Waals surface area contributed by atoms with Crippen LogP contribution >= 0.6 is 0 Å². The molecule has 0 saturated heterocycles. The number of hydrogen-bond acceptors (Lipinski definition) is 2. The summed E-state index contributed by atoms with van der Waals surface area (Å²) in [6.45, 7) is 10.7. The second-order valence-corrected chi connectivity index (χ2v) is 10.9. The minimum Gasteiger partial charge on any atom is -0.494 e. The van der Waals surface area contributed by atoms with Crippen LogP contribution in [-0.4, -0.2) is 21.0 Å². The van der Waals surface area contributed by atoms with Crippen LogP contribution in [0.25, 0.3) is 10.9 Å². The predicted molar refractivity (Wildman–Crippen MR) is 144 cm³/mol. The fourth-order valence-electron chi connectivity index (χ4n) is 5.17. The van der Waals surface area contributed by atoms with Gasteiger partial charge in [-0.1, -0.05) is 43.7 Å². The highest BCUT2D eigenvalue weighted by Gasteiger charge is 2.31. The number of hydrogen-bond donors (Lipinski definition) is 0. The SMILES string of the molecule is Cc1ccc(OCCCC(C)(CCn2ccc3c(C(C)C)cccc32)n2ccc(C3CC3)n2)cc1. The van der Waals surface area contributed by atoms with Crippen LogP contribution in [0.1, 0.15) is 81.5 Å². The van der Waals surface area contributed by atoms with Gasteiger partial charge in [-0.15, -0.1) is 0 Å². The molecule has 2 aromatic heterocycles. The maximum Gasteiger partial charge on any atom is 0.119 e. The van der Waals surface area contributed by atoms with Crippen molar-refractivity contribution in [2.24, 2.45) is 0 Å². The number of aryl methyl sites for hydroxylation is 2. The van der Waals surface area contributed by atoms with Gasteiger partial charge in [0.2, 0.25) is 0 Å². The standard InChI is InChI=1S/C31H39N3O/c1-23(2)27-7-5-8-30-28(27)15-19-33(30)21-18-31(4,34-20-16-29(32-34)25-11-12-25)17-6-22-35-26-13-9-24(3)10-14-26/h5,7-10,13-16,19-20,23,25H,6,11-12,17-18,21-22H2,1-4H3. The molecule has 1 saturated carbocycles. The zero-order chi connectivity index (χ0) is 24.4. The summed E-state index contributed by atoms with van der Waals surface area (Å²) < 4.78 is 10.7. The van der Waals surface area contributed by atoms with Gasteiger partial charge in [-0.2, -0.15) is 5.10 Å². The van der Waals surface area contributed by atoms with Crippen LogP contribution in [0.4, 0.5) is 0 Å². The molecule has 1 aliphatic rings. The third-order valence-electron chi connectivity index (χ3n) is 7.67. The summed E-state index contributed by atoms with van der Waals surface area (Å²) in [5.74, 6) is 2.15. The molecule has 0 amide bonds. The van der Waals surface area contributed by atoms with Crippen molar-refractivity contribution in [2.75, 3.05) is 6.61 Å². The Bertz CT molecular complexity index is 1260. The minimum atomic E-state index is -0.0595. The van der Waals surface area contributed by atoms with Gasteiger partial charge >= 0.3 is 0 Å². The van der Waals surface area contributed by atoms with Crippen molar-refractivity contribution in [3.05, 3.63) is 83.8 Å². The average Bonchev–Trinajstić information content (AvgIpc) is 3.42. The molecule has 35 heavy (non-hydrogen) atoms. The van der Waals surface area contributed by atoms with E-state index in [2.05, 4.69) is 104 Å². The maximum absolute atomic E-state index is 6.05. The number of nitrogens with zero attached hydrogens (tertiary/aromatic N) is 3. The topological polar surface area (TPSA) is 32.0 Å². The Morgan fingerprint density at radius 1 is 1.00 bits per heavy atom. The molecule has 2 aromatic carbocycles. The Kier molecular flexibility index (Phi) is 6.73. The fourth-order valence-corrected chi connectivity index (χ4v) is 5.17. The Balaban J connectivity index is 1.30. The second kappa shape index (κ2) is 9.93. The zero-order valence-electron chi connectivity index (χ0n) is 21.7. The van der Waals surface area contributed by atoms with Gasteiger partial charge < -0.3 is 9.30 Å². The van der Waals surface area contributed by atoms with Crippen molar-refractivity contribution in [3.8, 4) is 5.75 Å². The van der Waals surface area contributed by atoms with Crippen LogP contribution in [0.5, 0.6) is 5.75 Å². The van der Waals surface area contributed by atoms with Crippen LogP contribution < -0.4 is 4.74 Å². The maximum atomic E-state index is 6.05. The van der Waals surface area contributed by atoms with Crippen molar-refractivity contribution in [2.45, 2.75) is 83.7 Å². The minimum absolute atomic E-state index is 0.0595. The van der Waals surface area contributed by atoms with Crippen LogP contribution in [0, 0.1) is 6.92 Å². The lowest BCUT2D eigenvalue weighted by molar-refractivity contribution is 0.203. The molecule has 1 aliphatic carbocycles.